The largest absolute Gasteiger partial charge is 0.468 e. The molecule has 37 heavy (non-hydrogen) atoms. The van der Waals surface area contributed by atoms with Gasteiger partial charge in [-0.3, -0.25) is 14.9 Å². The number of carbonyl (C=O) groups is 2. The first-order valence-corrected chi connectivity index (χ1v) is 12.1. The molecule has 2 aliphatic rings. The molecule has 1 N–H and O–H groups in total. The smallest absolute Gasteiger partial charge is 0.407 e. The number of carboxylic acid groups (broad SMARTS) is 1. The molecule has 4 rings (SSSR count). The van der Waals surface area contributed by atoms with E-state index in [2.05, 4.69) is 9.97 Å². The number of halogens is 1. The second-order valence-electron chi connectivity index (χ2n) is 9.07. The third-order valence-corrected chi connectivity index (χ3v) is 7.24. The quantitative estimate of drug-likeness (QED) is 0.255. The van der Waals surface area contributed by atoms with Crippen LogP contribution in [0.2, 0.25) is 5.28 Å². The van der Waals surface area contributed by atoms with Gasteiger partial charge in [0.2, 0.25) is 11.1 Å². The average Bonchev–Trinajstić information content (AvgIpc) is 2.87. The molecule has 0 saturated carbocycles. The number of anilines is 1. The van der Waals surface area contributed by atoms with Gasteiger partial charge in [-0.2, -0.15) is 10.2 Å². The highest BCUT2D eigenvalue weighted by atomic mass is 35.5. The maximum atomic E-state index is 13.3. The first-order valence-electron chi connectivity index (χ1n) is 11.7. The van der Waals surface area contributed by atoms with Crippen molar-refractivity contribution in [1.82, 2.24) is 14.9 Å². The number of nitrogens with zero attached hydrogens (tertiary/aromatic N) is 6. The van der Waals surface area contributed by atoms with Crippen LogP contribution in [0, 0.1) is 21.4 Å². The predicted octanol–water partition coefficient (Wildman–Crippen LogP) is 3.11. The number of esters is 1. The molecule has 0 unspecified atom stereocenters. The Kier molecular flexibility index (Phi) is 7.45. The lowest BCUT2D eigenvalue weighted by Gasteiger charge is -2.39. The van der Waals surface area contributed by atoms with Crippen LogP contribution in [0.1, 0.15) is 36.1 Å². The van der Waals surface area contributed by atoms with Crippen LogP contribution >= 0.6 is 11.6 Å². The van der Waals surface area contributed by atoms with Crippen molar-refractivity contribution in [2.45, 2.75) is 43.6 Å². The molecule has 1 aromatic carbocycles. The van der Waals surface area contributed by atoms with E-state index in [1.165, 1.54) is 7.11 Å². The Bertz CT molecular complexity index is 1280. The molecule has 2 aromatic rings. The monoisotopic (exact) mass is 528 g/mol. The highest BCUT2D eigenvalue weighted by Gasteiger charge is 2.47. The van der Waals surface area contributed by atoms with Gasteiger partial charge in [0.05, 0.1) is 36.0 Å². The predicted molar refractivity (Wildman–Crippen MR) is 131 cm³/mol. The Labute approximate surface area is 217 Å². The van der Waals surface area contributed by atoms with E-state index in [0.29, 0.717) is 12.8 Å². The molecule has 0 bridgehead atoms. The van der Waals surface area contributed by atoms with Gasteiger partial charge in [0.15, 0.2) is 0 Å². The van der Waals surface area contributed by atoms with Crippen molar-refractivity contribution in [1.29, 1.82) is 5.26 Å². The van der Waals surface area contributed by atoms with E-state index in [1.807, 2.05) is 30.3 Å². The number of benzene rings is 1. The summed E-state index contributed by atoms with van der Waals surface area (Å²) < 4.78 is 5.19. The lowest BCUT2D eigenvalue weighted by molar-refractivity contribution is -0.385. The lowest BCUT2D eigenvalue weighted by atomic mass is 9.67. The summed E-state index contributed by atoms with van der Waals surface area (Å²) in [5.74, 6) is -0.591. The van der Waals surface area contributed by atoms with Gasteiger partial charge in [-0.15, -0.1) is 0 Å². The van der Waals surface area contributed by atoms with Crippen LogP contribution in [0.4, 0.5) is 16.3 Å². The van der Waals surface area contributed by atoms with E-state index in [1.54, 1.807) is 4.90 Å². The summed E-state index contributed by atoms with van der Waals surface area (Å²) in [6.45, 7) is 0.139. The van der Waals surface area contributed by atoms with Crippen LogP contribution in [0.5, 0.6) is 0 Å². The number of methoxy groups -OCH3 is 1. The van der Waals surface area contributed by atoms with Crippen LogP contribution in [0.3, 0.4) is 0 Å². The molecular formula is C24H25ClN6O6. The fourth-order valence-electron chi connectivity index (χ4n) is 5.44. The maximum Gasteiger partial charge on any atom is 0.407 e. The normalized spacial score (nSPS) is 21.1. The summed E-state index contributed by atoms with van der Waals surface area (Å²) in [7, 11) is 1.28. The Morgan fingerprint density at radius 3 is 2.78 bits per heavy atom. The van der Waals surface area contributed by atoms with Gasteiger partial charge in [-0.25, -0.2) is 9.78 Å². The standard InChI is InChI=1S/C24H25ClN6O6/c1-37-21(32)24(9-4-6-15-5-2-3-7-17(15)24)13-18-19(31(35)36)20(28-22(25)27-18)29-11-12-30(23(33)34)16(14-29)8-10-26/h2-3,5,7,16H,4,6,8-9,11-14H2,1H3,(H,33,34)/t16-,24-/m0/s1. The first kappa shape index (κ1) is 26.1. The Morgan fingerprint density at radius 1 is 1.35 bits per heavy atom. The van der Waals surface area contributed by atoms with E-state index in [0.717, 1.165) is 22.4 Å². The van der Waals surface area contributed by atoms with Crippen molar-refractivity contribution in [2.75, 3.05) is 31.6 Å². The summed E-state index contributed by atoms with van der Waals surface area (Å²) in [5, 5.41) is 30.8. The fraction of sp³-hybridized carbons (Fsp3) is 0.458. The Balaban J connectivity index is 1.81. The Hall–Kier alpha value is -3.98. The maximum absolute atomic E-state index is 13.3. The number of aryl methyl sites for hydroxylation is 1. The minimum absolute atomic E-state index is 0.0124. The number of rotatable bonds is 6. The second kappa shape index (κ2) is 10.6. The van der Waals surface area contributed by atoms with Gasteiger partial charge in [0, 0.05) is 26.1 Å². The minimum atomic E-state index is -1.20. The highest BCUT2D eigenvalue weighted by Crippen LogP contribution is 2.43. The number of fused-ring (bicyclic) bond motifs is 1. The molecule has 0 spiro atoms. The summed E-state index contributed by atoms with van der Waals surface area (Å²) in [6.07, 6.45) is 0.460. The summed E-state index contributed by atoms with van der Waals surface area (Å²) in [5.41, 5.74) is 0.0817. The Morgan fingerprint density at radius 2 is 2.11 bits per heavy atom. The number of piperazine rings is 1. The molecule has 0 radical (unpaired) electrons. The topological polar surface area (TPSA) is 163 Å². The zero-order valence-electron chi connectivity index (χ0n) is 20.1. The van der Waals surface area contributed by atoms with Crippen molar-refractivity contribution in [2.24, 2.45) is 0 Å². The van der Waals surface area contributed by atoms with E-state index in [4.69, 9.17) is 16.3 Å². The summed E-state index contributed by atoms with van der Waals surface area (Å²) in [6, 6.07) is 8.71. The first-order chi connectivity index (χ1) is 17.7. The molecule has 12 nitrogen and oxygen atoms in total. The van der Waals surface area contributed by atoms with E-state index in [-0.39, 0.29) is 49.3 Å². The van der Waals surface area contributed by atoms with Gasteiger partial charge >= 0.3 is 17.7 Å². The fourth-order valence-corrected chi connectivity index (χ4v) is 5.62. The van der Waals surface area contributed by atoms with Crippen molar-refractivity contribution in [3.63, 3.8) is 0 Å². The van der Waals surface area contributed by atoms with Crippen molar-refractivity contribution < 1.29 is 24.4 Å². The molecule has 1 aromatic heterocycles. The number of nitro groups is 1. The summed E-state index contributed by atoms with van der Waals surface area (Å²) >= 11 is 6.25. The molecule has 2 atom stereocenters. The molecule has 1 amide bonds. The van der Waals surface area contributed by atoms with Crippen LogP contribution < -0.4 is 4.90 Å². The van der Waals surface area contributed by atoms with Crippen LogP contribution in [0.15, 0.2) is 24.3 Å². The van der Waals surface area contributed by atoms with Gasteiger partial charge < -0.3 is 19.6 Å². The van der Waals surface area contributed by atoms with E-state index in [9.17, 15) is 30.1 Å². The number of aromatic nitrogens is 2. The molecular weight excluding hydrogens is 504 g/mol. The van der Waals surface area contributed by atoms with Gasteiger partial charge in [0.1, 0.15) is 5.69 Å². The van der Waals surface area contributed by atoms with Gasteiger partial charge in [0.25, 0.3) is 0 Å². The van der Waals surface area contributed by atoms with Crippen molar-refractivity contribution in [3.05, 3.63) is 56.5 Å². The number of nitriles is 1. The number of hydrogen-bond acceptors (Lipinski definition) is 9. The van der Waals surface area contributed by atoms with E-state index < -0.39 is 34.1 Å². The molecule has 1 aliphatic carbocycles. The third-order valence-electron chi connectivity index (χ3n) is 7.08. The number of amides is 1. The van der Waals surface area contributed by atoms with Gasteiger partial charge in [-0.05, 0) is 42.0 Å². The van der Waals surface area contributed by atoms with E-state index >= 15 is 0 Å². The molecule has 1 fully saturated rings. The SMILES string of the molecule is COC(=O)[C@]1(Cc2nc(Cl)nc(N3CCN(C(=O)O)[C@@H](CC#N)C3)c2[N+](=O)[O-])CCCc2ccccc21. The van der Waals surface area contributed by atoms with Crippen molar-refractivity contribution in [3.8, 4) is 6.07 Å². The minimum Gasteiger partial charge on any atom is -0.468 e. The number of hydrogen-bond donors (Lipinski definition) is 1. The zero-order chi connectivity index (χ0) is 26.7. The molecule has 2 heterocycles. The van der Waals surface area contributed by atoms with Crippen molar-refractivity contribution >= 4 is 35.2 Å². The molecule has 1 aliphatic heterocycles. The van der Waals surface area contributed by atoms with Crippen LogP contribution in [-0.2, 0) is 27.8 Å². The number of carbonyl (C=O) groups excluding carboxylic acids is 1. The zero-order valence-corrected chi connectivity index (χ0v) is 20.8. The second-order valence-corrected chi connectivity index (χ2v) is 9.41. The highest BCUT2D eigenvalue weighted by molar-refractivity contribution is 6.28. The summed E-state index contributed by atoms with van der Waals surface area (Å²) in [4.78, 5) is 47.7. The van der Waals surface area contributed by atoms with Gasteiger partial charge in [-0.1, -0.05) is 24.3 Å². The lowest BCUT2D eigenvalue weighted by Crippen LogP contribution is -2.55. The number of ether oxygens (including phenoxy) is 1. The molecule has 13 heteroatoms. The van der Waals surface area contributed by atoms with Crippen LogP contribution in [-0.4, -0.2) is 69.7 Å². The average molecular weight is 529 g/mol. The van der Waals surface area contributed by atoms with Crippen LogP contribution in [0.25, 0.3) is 0 Å². The third kappa shape index (κ3) is 4.86. The molecule has 1 saturated heterocycles. The molecule has 194 valence electrons.